The molecule has 2 atom stereocenters. The van der Waals surface area contributed by atoms with Crippen LogP contribution in [-0.2, 0) is 14.8 Å². The number of sulfonamides is 1. The third-order valence-corrected chi connectivity index (χ3v) is 7.21. The van der Waals surface area contributed by atoms with E-state index in [-0.39, 0.29) is 23.6 Å². The smallest absolute Gasteiger partial charge is 0.254 e. The number of ether oxygens (including phenoxy) is 1. The van der Waals surface area contributed by atoms with Crippen molar-refractivity contribution in [3.8, 4) is 0 Å². The van der Waals surface area contributed by atoms with Gasteiger partial charge < -0.3 is 9.64 Å². The molecule has 3 heterocycles. The lowest BCUT2D eigenvalue weighted by Gasteiger charge is -2.41. The van der Waals surface area contributed by atoms with Crippen LogP contribution in [0.4, 0.5) is 0 Å². The lowest BCUT2D eigenvalue weighted by molar-refractivity contribution is 0.0467. The molecule has 2 aliphatic heterocycles. The van der Waals surface area contributed by atoms with Crippen LogP contribution >= 0.6 is 11.3 Å². The molecule has 128 valence electrons. The average molecular weight is 358 g/mol. The highest BCUT2D eigenvalue weighted by Crippen LogP contribution is 2.28. The normalized spacial score (nSPS) is 26.6. The van der Waals surface area contributed by atoms with E-state index in [4.69, 9.17) is 4.74 Å². The summed E-state index contributed by atoms with van der Waals surface area (Å²) >= 11 is 1.51. The van der Waals surface area contributed by atoms with Crippen LogP contribution in [-0.4, -0.2) is 68.2 Å². The van der Waals surface area contributed by atoms with Crippen LogP contribution in [0.5, 0.6) is 0 Å². The van der Waals surface area contributed by atoms with Gasteiger partial charge in [-0.3, -0.25) is 4.79 Å². The lowest BCUT2D eigenvalue weighted by Crippen LogP contribution is -2.54. The van der Waals surface area contributed by atoms with E-state index in [0.717, 1.165) is 0 Å². The molecule has 2 aliphatic rings. The van der Waals surface area contributed by atoms with Gasteiger partial charge in [-0.15, -0.1) is 0 Å². The number of carbonyl (C=O) groups is 1. The Hall–Kier alpha value is -0.960. The zero-order valence-electron chi connectivity index (χ0n) is 13.2. The minimum atomic E-state index is -3.24. The third kappa shape index (κ3) is 3.45. The Morgan fingerprint density at radius 2 is 2.26 bits per heavy atom. The standard InChI is InChI=1S/C15H22N2O4S2/c1-2-23(19,20)17-6-7-21-10-13-9-16(5-3-14(13)17)15(18)12-4-8-22-11-12/h4,8,11,13-14H,2-3,5-7,9-10H2,1H3/t13-,14-/m1/s1. The summed E-state index contributed by atoms with van der Waals surface area (Å²) in [6.45, 7) is 4.15. The van der Waals surface area contributed by atoms with E-state index in [9.17, 15) is 13.2 Å². The maximum absolute atomic E-state index is 12.5. The van der Waals surface area contributed by atoms with Crippen LogP contribution < -0.4 is 0 Å². The molecule has 1 amide bonds. The third-order valence-electron chi connectivity index (χ3n) is 4.63. The van der Waals surface area contributed by atoms with Gasteiger partial charge >= 0.3 is 0 Å². The van der Waals surface area contributed by atoms with Gasteiger partial charge in [-0.1, -0.05) is 0 Å². The molecule has 1 aromatic heterocycles. The summed E-state index contributed by atoms with van der Waals surface area (Å²) in [5, 5.41) is 3.75. The van der Waals surface area contributed by atoms with Crippen LogP contribution in [0.15, 0.2) is 16.8 Å². The Balaban J connectivity index is 1.76. The van der Waals surface area contributed by atoms with Crippen LogP contribution in [0.2, 0.25) is 0 Å². The van der Waals surface area contributed by atoms with Crippen molar-refractivity contribution in [2.75, 3.05) is 38.6 Å². The Morgan fingerprint density at radius 1 is 1.43 bits per heavy atom. The summed E-state index contributed by atoms with van der Waals surface area (Å²) < 4.78 is 31.9. The molecule has 23 heavy (non-hydrogen) atoms. The van der Waals surface area contributed by atoms with E-state index in [1.54, 1.807) is 11.2 Å². The molecule has 0 unspecified atom stereocenters. The molecule has 3 rings (SSSR count). The first-order chi connectivity index (χ1) is 11.0. The van der Waals surface area contributed by atoms with Gasteiger partial charge in [0.15, 0.2) is 0 Å². The largest absolute Gasteiger partial charge is 0.380 e. The van der Waals surface area contributed by atoms with Crippen LogP contribution in [0.1, 0.15) is 23.7 Å². The molecule has 0 aliphatic carbocycles. The van der Waals surface area contributed by atoms with Gasteiger partial charge in [0.05, 0.1) is 24.5 Å². The van der Waals surface area contributed by atoms with Gasteiger partial charge in [-0.05, 0) is 24.8 Å². The molecule has 8 heteroatoms. The van der Waals surface area contributed by atoms with Crippen LogP contribution in [0, 0.1) is 5.92 Å². The Morgan fingerprint density at radius 3 is 2.96 bits per heavy atom. The number of hydrogen-bond donors (Lipinski definition) is 0. The first-order valence-corrected chi connectivity index (χ1v) is 10.5. The number of likely N-dealkylation sites (tertiary alicyclic amines) is 1. The Labute approximate surface area is 141 Å². The van der Waals surface area contributed by atoms with E-state index in [0.29, 0.717) is 44.8 Å². The Bertz CT molecular complexity index is 644. The van der Waals surface area contributed by atoms with Crippen LogP contribution in [0.25, 0.3) is 0 Å². The van der Waals surface area contributed by atoms with Gasteiger partial charge in [0.25, 0.3) is 5.91 Å². The molecular weight excluding hydrogens is 336 g/mol. The number of carbonyl (C=O) groups excluding carboxylic acids is 1. The number of thiophene rings is 1. The van der Waals surface area contributed by atoms with Crippen molar-refractivity contribution in [1.82, 2.24) is 9.21 Å². The predicted molar refractivity (Wildman–Crippen MR) is 89.1 cm³/mol. The van der Waals surface area contributed by atoms with Crippen molar-refractivity contribution in [2.24, 2.45) is 5.92 Å². The van der Waals surface area contributed by atoms with E-state index in [1.807, 2.05) is 21.7 Å². The number of nitrogens with zero attached hydrogens (tertiary/aromatic N) is 2. The number of hydrogen-bond acceptors (Lipinski definition) is 5. The second kappa shape index (κ2) is 6.88. The lowest BCUT2D eigenvalue weighted by atomic mass is 9.92. The topological polar surface area (TPSA) is 66.9 Å². The molecular formula is C15H22N2O4S2. The summed E-state index contributed by atoms with van der Waals surface area (Å²) in [5.74, 6) is 0.169. The zero-order valence-corrected chi connectivity index (χ0v) is 14.8. The Kier molecular flexibility index (Phi) is 5.05. The predicted octanol–water partition coefficient (Wildman–Crippen LogP) is 1.26. The molecule has 0 saturated carbocycles. The monoisotopic (exact) mass is 358 g/mol. The first kappa shape index (κ1) is 16.9. The molecule has 2 fully saturated rings. The van der Waals surface area contributed by atoms with Gasteiger partial charge in [0.2, 0.25) is 10.0 Å². The number of rotatable bonds is 3. The van der Waals surface area contributed by atoms with Crippen molar-refractivity contribution in [2.45, 2.75) is 19.4 Å². The summed E-state index contributed by atoms with van der Waals surface area (Å²) in [7, 11) is -3.24. The maximum atomic E-state index is 12.5. The molecule has 6 nitrogen and oxygen atoms in total. The fraction of sp³-hybridized carbons (Fsp3) is 0.667. The summed E-state index contributed by atoms with van der Waals surface area (Å²) in [6, 6.07) is 1.77. The zero-order chi connectivity index (χ0) is 16.4. The highest BCUT2D eigenvalue weighted by molar-refractivity contribution is 7.89. The van der Waals surface area contributed by atoms with E-state index >= 15 is 0 Å². The quantitative estimate of drug-likeness (QED) is 0.816. The van der Waals surface area contributed by atoms with Crippen molar-refractivity contribution in [3.05, 3.63) is 22.4 Å². The molecule has 0 radical (unpaired) electrons. The molecule has 0 N–H and O–H groups in total. The van der Waals surface area contributed by atoms with Gasteiger partial charge in [0, 0.05) is 37.0 Å². The highest BCUT2D eigenvalue weighted by Gasteiger charge is 2.40. The highest BCUT2D eigenvalue weighted by atomic mass is 32.2. The molecule has 0 spiro atoms. The minimum Gasteiger partial charge on any atom is -0.380 e. The van der Waals surface area contributed by atoms with Gasteiger partial charge in [-0.2, -0.15) is 15.6 Å². The second-order valence-corrected chi connectivity index (χ2v) is 8.96. The average Bonchev–Trinajstić information content (AvgIpc) is 3.00. The van der Waals surface area contributed by atoms with Crippen molar-refractivity contribution < 1.29 is 17.9 Å². The number of piperidine rings is 1. The number of fused-ring (bicyclic) bond motifs is 1. The maximum Gasteiger partial charge on any atom is 0.254 e. The second-order valence-electron chi connectivity index (χ2n) is 5.97. The summed E-state index contributed by atoms with van der Waals surface area (Å²) in [4.78, 5) is 14.3. The van der Waals surface area contributed by atoms with Crippen molar-refractivity contribution >= 4 is 27.3 Å². The van der Waals surface area contributed by atoms with Crippen molar-refractivity contribution in [3.63, 3.8) is 0 Å². The minimum absolute atomic E-state index is 0.0267. The summed E-state index contributed by atoms with van der Waals surface area (Å²) in [5.41, 5.74) is 0.709. The molecule has 0 bridgehead atoms. The van der Waals surface area contributed by atoms with Crippen molar-refractivity contribution in [1.29, 1.82) is 0 Å². The van der Waals surface area contributed by atoms with Gasteiger partial charge in [0.1, 0.15) is 0 Å². The van der Waals surface area contributed by atoms with E-state index in [2.05, 4.69) is 0 Å². The molecule has 1 aromatic rings. The fourth-order valence-corrected chi connectivity index (χ4v) is 5.39. The fourth-order valence-electron chi connectivity index (χ4n) is 3.38. The molecule has 2 saturated heterocycles. The number of amides is 1. The molecule has 0 aromatic carbocycles. The van der Waals surface area contributed by atoms with Crippen LogP contribution in [0.3, 0.4) is 0 Å². The first-order valence-electron chi connectivity index (χ1n) is 7.91. The summed E-state index contributed by atoms with van der Waals surface area (Å²) in [6.07, 6.45) is 0.670. The van der Waals surface area contributed by atoms with E-state index in [1.165, 1.54) is 11.3 Å². The SMILES string of the molecule is CCS(=O)(=O)N1CCOC[C@H]2CN(C(=O)c3ccsc3)CC[C@H]21. The van der Waals surface area contributed by atoms with Gasteiger partial charge in [-0.25, -0.2) is 8.42 Å². The van der Waals surface area contributed by atoms with E-state index < -0.39 is 10.0 Å².